The summed E-state index contributed by atoms with van der Waals surface area (Å²) < 4.78 is 0. The van der Waals surface area contributed by atoms with Gasteiger partial charge in [-0.15, -0.1) is 5.92 Å². The number of aliphatic hydroxyl groups is 1. The van der Waals surface area contributed by atoms with Gasteiger partial charge in [-0.05, 0) is 13.3 Å². The van der Waals surface area contributed by atoms with Crippen LogP contribution < -0.4 is 0 Å². The smallest absolute Gasteiger partial charge is 0.0898 e. The van der Waals surface area contributed by atoms with Crippen molar-refractivity contribution in [2.75, 3.05) is 19.6 Å². The summed E-state index contributed by atoms with van der Waals surface area (Å²) in [6, 6.07) is 0. The summed E-state index contributed by atoms with van der Waals surface area (Å²) in [6.07, 6.45) is 0.850. The Morgan fingerprint density at radius 1 is 1.55 bits per heavy atom. The average Bonchev–Trinajstić information content (AvgIpc) is 1.96. The van der Waals surface area contributed by atoms with Crippen molar-refractivity contribution < 1.29 is 5.11 Å². The van der Waals surface area contributed by atoms with E-state index < -0.39 is 5.60 Å². The van der Waals surface area contributed by atoms with E-state index in [4.69, 9.17) is 0 Å². The maximum atomic E-state index is 9.60. The zero-order valence-electron chi connectivity index (χ0n) is 7.22. The van der Waals surface area contributed by atoms with Gasteiger partial charge in [-0.25, -0.2) is 0 Å². The molecule has 1 fully saturated rings. The first-order chi connectivity index (χ1) is 5.20. The molecule has 1 N–H and O–H groups in total. The van der Waals surface area contributed by atoms with E-state index in [2.05, 4.69) is 16.7 Å². The van der Waals surface area contributed by atoms with E-state index in [1.54, 1.807) is 0 Å². The van der Waals surface area contributed by atoms with Gasteiger partial charge in [0.2, 0.25) is 0 Å². The highest BCUT2D eigenvalue weighted by atomic mass is 16.3. The Morgan fingerprint density at radius 3 is 2.64 bits per heavy atom. The van der Waals surface area contributed by atoms with Gasteiger partial charge in [-0.2, -0.15) is 0 Å². The summed E-state index contributed by atoms with van der Waals surface area (Å²) in [4.78, 5) is 2.15. The molecule has 0 saturated carbocycles. The van der Waals surface area contributed by atoms with Gasteiger partial charge in [0.25, 0.3) is 0 Å². The Labute approximate surface area is 68.2 Å². The molecule has 1 heterocycles. The summed E-state index contributed by atoms with van der Waals surface area (Å²) in [7, 11) is 0. The zero-order chi connectivity index (χ0) is 8.32. The zero-order valence-corrected chi connectivity index (χ0v) is 7.22. The Kier molecular flexibility index (Phi) is 2.53. The molecule has 2 nitrogen and oxygen atoms in total. The normalized spacial score (nSPS) is 21.7. The van der Waals surface area contributed by atoms with Gasteiger partial charge >= 0.3 is 0 Å². The third-order valence-electron chi connectivity index (χ3n) is 2.17. The second kappa shape index (κ2) is 3.25. The van der Waals surface area contributed by atoms with E-state index in [-0.39, 0.29) is 0 Å². The first-order valence-electron chi connectivity index (χ1n) is 4.04. The number of nitrogens with zero attached hydrogens (tertiary/aromatic N) is 1. The second-order valence-corrected chi connectivity index (χ2v) is 3.15. The van der Waals surface area contributed by atoms with E-state index in [0.29, 0.717) is 0 Å². The fourth-order valence-electron chi connectivity index (χ4n) is 1.31. The Hall–Kier alpha value is -0.520. The molecule has 0 radical (unpaired) electrons. The van der Waals surface area contributed by atoms with Crippen LogP contribution in [0.1, 0.15) is 20.3 Å². The lowest BCUT2D eigenvalue weighted by atomic mass is 9.91. The Morgan fingerprint density at radius 2 is 2.18 bits per heavy atom. The fourth-order valence-corrected chi connectivity index (χ4v) is 1.31. The molecule has 0 aromatic carbocycles. The number of β-amino-alcohol motifs (C(OH)–C–C–N with tert-alkyl or cyclic N) is 1. The van der Waals surface area contributed by atoms with E-state index in [1.165, 1.54) is 0 Å². The summed E-state index contributed by atoms with van der Waals surface area (Å²) in [5.74, 6) is 5.82. The van der Waals surface area contributed by atoms with Crippen LogP contribution in [0, 0.1) is 11.8 Å². The van der Waals surface area contributed by atoms with Crippen LogP contribution in [0.3, 0.4) is 0 Å². The minimum atomic E-state index is -0.407. The molecule has 11 heavy (non-hydrogen) atoms. The lowest BCUT2D eigenvalue weighted by Gasteiger charge is -2.45. The van der Waals surface area contributed by atoms with Crippen molar-refractivity contribution in [3.8, 4) is 11.8 Å². The highest BCUT2D eigenvalue weighted by molar-refractivity contribution is 5.03. The molecule has 0 amide bonds. The molecule has 0 aromatic heterocycles. The van der Waals surface area contributed by atoms with Crippen LogP contribution in [-0.4, -0.2) is 35.2 Å². The van der Waals surface area contributed by atoms with Gasteiger partial charge in [0, 0.05) is 13.1 Å². The molecule has 0 bridgehead atoms. The lowest BCUT2D eigenvalue weighted by molar-refractivity contribution is -0.0935. The third-order valence-corrected chi connectivity index (χ3v) is 2.17. The Balaban J connectivity index is 2.22. The first-order valence-corrected chi connectivity index (χ1v) is 4.04. The molecule has 1 saturated heterocycles. The number of hydrogen-bond acceptors (Lipinski definition) is 2. The monoisotopic (exact) mass is 153 g/mol. The van der Waals surface area contributed by atoms with Crippen molar-refractivity contribution in [3.63, 3.8) is 0 Å². The Bertz CT molecular complexity index is 183. The molecule has 1 rings (SSSR count). The molecule has 2 heteroatoms. The molecule has 0 aliphatic carbocycles. The van der Waals surface area contributed by atoms with E-state index in [0.717, 1.165) is 26.1 Å². The van der Waals surface area contributed by atoms with Crippen molar-refractivity contribution in [1.29, 1.82) is 0 Å². The molecule has 0 spiro atoms. The van der Waals surface area contributed by atoms with E-state index in [1.807, 2.05) is 13.8 Å². The first kappa shape index (κ1) is 8.58. The molecule has 0 unspecified atom stereocenters. The van der Waals surface area contributed by atoms with E-state index >= 15 is 0 Å². The quantitative estimate of drug-likeness (QED) is 0.583. The SMILES string of the molecule is CC#CCN1CC(O)(CC)C1. The number of rotatable bonds is 2. The van der Waals surface area contributed by atoms with Crippen LogP contribution >= 0.6 is 0 Å². The van der Waals surface area contributed by atoms with Gasteiger partial charge < -0.3 is 5.11 Å². The van der Waals surface area contributed by atoms with Crippen molar-refractivity contribution >= 4 is 0 Å². The largest absolute Gasteiger partial charge is 0.387 e. The van der Waals surface area contributed by atoms with Crippen molar-refractivity contribution in [3.05, 3.63) is 0 Å². The van der Waals surface area contributed by atoms with Crippen LogP contribution in [-0.2, 0) is 0 Å². The van der Waals surface area contributed by atoms with Gasteiger partial charge in [-0.1, -0.05) is 12.8 Å². The van der Waals surface area contributed by atoms with Crippen molar-refractivity contribution in [2.45, 2.75) is 25.9 Å². The summed E-state index contributed by atoms with van der Waals surface area (Å²) in [6.45, 7) is 6.24. The molecular formula is C9H15NO. The standard InChI is InChI=1S/C9H15NO/c1-3-5-6-10-7-9(11,4-2)8-10/h11H,4,6-8H2,1-2H3. The number of hydrogen-bond donors (Lipinski definition) is 1. The molecule has 1 aliphatic heterocycles. The maximum Gasteiger partial charge on any atom is 0.0898 e. The van der Waals surface area contributed by atoms with Crippen molar-refractivity contribution in [1.82, 2.24) is 4.90 Å². The minimum absolute atomic E-state index is 0.407. The topological polar surface area (TPSA) is 23.5 Å². The average molecular weight is 153 g/mol. The van der Waals surface area contributed by atoms with Gasteiger partial charge in [0.15, 0.2) is 0 Å². The predicted molar refractivity (Wildman–Crippen MR) is 45.1 cm³/mol. The summed E-state index contributed by atoms with van der Waals surface area (Å²) in [5, 5.41) is 9.60. The van der Waals surface area contributed by atoms with E-state index in [9.17, 15) is 5.11 Å². The lowest BCUT2D eigenvalue weighted by Crippen LogP contribution is -2.61. The third kappa shape index (κ3) is 1.95. The van der Waals surface area contributed by atoms with Gasteiger partial charge in [-0.3, -0.25) is 4.90 Å². The molecule has 0 atom stereocenters. The van der Waals surface area contributed by atoms with Crippen LogP contribution in [0.15, 0.2) is 0 Å². The van der Waals surface area contributed by atoms with Crippen LogP contribution in [0.2, 0.25) is 0 Å². The molecule has 1 aliphatic rings. The van der Waals surface area contributed by atoms with Crippen LogP contribution in [0.25, 0.3) is 0 Å². The summed E-state index contributed by atoms with van der Waals surface area (Å²) in [5.41, 5.74) is -0.407. The highest BCUT2D eigenvalue weighted by Gasteiger charge is 2.38. The molecule has 62 valence electrons. The molecule has 0 aromatic rings. The van der Waals surface area contributed by atoms with Crippen LogP contribution in [0.5, 0.6) is 0 Å². The van der Waals surface area contributed by atoms with Gasteiger partial charge in [0.05, 0.1) is 12.1 Å². The van der Waals surface area contributed by atoms with Gasteiger partial charge in [0.1, 0.15) is 0 Å². The second-order valence-electron chi connectivity index (χ2n) is 3.15. The molecular weight excluding hydrogens is 138 g/mol. The minimum Gasteiger partial charge on any atom is -0.387 e. The van der Waals surface area contributed by atoms with Crippen molar-refractivity contribution in [2.24, 2.45) is 0 Å². The number of likely N-dealkylation sites (tertiary alicyclic amines) is 1. The summed E-state index contributed by atoms with van der Waals surface area (Å²) >= 11 is 0. The van der Waals surface area contributed by atoms with Crippen LogP contribution in [0.4, 0.5) is 0 Å². The fraction of sp³-hybridized carbons (Fsp3) is 0.778. The predicted octanol–water partition coefficient (Wildman–Crippen LogP) is 0.466. The highest BCUT2D eigenvalue weighted by Crippen LogP contribution is 2.22. The maximum absolute atomic E-state index is 9.60.